The molecule has 0 amide bonds. The van der Waals surface area contributed by atoms with E-state index in [9.17, 15) is 4.79 Å². The van der Waals surface area contributed by atoms with Crippen molar-refractivity contribution in [1.82, 2.24) is 0 Å². The minimum atomic E-state index is -0.521. The Hall–Kier alpha value is -1.55. The van der Waals surface area contributed by atoms with Gasteiger partial charge in [0.2, 0.25) is 0 Å². The van der Waals surface area contributed by atoms with Gasteiger partial charge in [-0.3, -0.25) is 4.79 Å². The summed E-state index contributed by atoms with van der Waals surface area (Å²) >= 11 is 0. The Morgan fingerprint density at radius 1 is 1.26 bits per heavy atom. The van der Waals surface area contributed by atoms with E-state index in [0.717, 1.165) is 18.5 Å². The van der Waals surface area contributed by atoms with E-state index in [1.165, 1.54) is 5.56 Å². The summed E-state index contributed by atoms with van der Waals surface area (Å²) in [7, 11) is 0. The zero-order valence-corrected chi connectivity index (χ0v) is 11.8. The summed E-state index contributed by atoms with van der Waals surface area (Å²) in [5.41, 5.74) is 13.4. The molecule has 4 N–H and O–H groups in total. The van der Waals surface area contributed by atoms with Gasteiger partial charge in [-0.15, -0.1) is 0 Å². The molecule has 1 rings (SSSR count). The molecule has 0 saturated heterocycles. The van der Waals surface area contributed by atoms with Crippen LogP contribution in [0.3, 0.4) is 0 Å². The molecule has 0 aliphatic heterocycles. The second kappa shape index (κ2) is 7.79. The number of nitrogens with two attached hydrogens (primary N) is 2. The molecule has 0 saturated carbocycles. The van der Waals surface area contributed by atoms with Gasteiger partial charge in [-0.25, -0.2) is 0 Å². The first-order valence-electron chi connectivity index (χ1n) is 6.75. The van der Waals surface area contributed by atoms with E-state index >= 15 is 0 Å². The van der Waals surface area contributed by atoms with E-state index in [1.54, 1.807) is 0 Å². The van der Waals surface area contributed by atoms with E-state index in [4.69, 9.17) is 16.2 Å². The number of anilines is 1. The Balaban J connectivity index is 2.24. The zero-order chi connectivity index (χ0) is 14.3. The van der Waals surface area contributed by atoms with E-state index in [0.29, 0.717) is 18.9 Å². The van der Waals surface area contributed by atoms with Gasteiger partial charge in [0.05, 0.1) is 6.61 Å². The summed E-state index contributed by atoms with van der Waals surface area (Å²) in [5, 5.41) is 0. The lowest BCUT2D eigenvalue weighted by molar-refractivity contribution is -0.146. The normalized spacial score (nSPS) is 12.4. The fourth-order valence-corrected chi connectivity index (χ4v) is 1.68. The molecule has 4 heteroatoms. The average molecular weight is 264 g/mol. The van der Waals surface area contributed by atoms with Gasteiger partial charge in [0.25, 0.3) is 0 Å². The van der Waals surface area contributed by atoms with Gasteiger partial charge in [-0.1, -0.05) is 26.0 Å². The molecule has 19 heavy (non-hydrogen) atoms. The molecule has 0 heterocycles. The van der Waals surface area contributed by atoms with E-state index in [-0.39, 0.29) is 5.97 Å². The predicted octanol–water partition coefficient (Wildman–Crippen LogP) is 2.12. The molecule has 0 spiro atoms. The smallest absolute Gasteiger partial charge is 0.322 e. The number of carbonyl (C=O) groups is 1. The number of nitrogen functional groups attached to an aromatic ring is 1. The third-order valence-electron chi connectivity index (χ3n) is 2.82. The molecular formula is C15H24N2O2. The molecule has 0 fully saturated rings. The van der Waals surface area contributed by atoms with Crippen LogP contribution in [-0.2, 0) is 16.0 Å². The van der Waals surface area contributed by atoms with Crippen molar-refractivity contribution in [3.05, 3.63) is 29.8 Å². The molecule has 1 atom stereocenters. The van der Waals surface area contributed by atoms with Crippen LogP contribution in [0.1, 0.15) is 32.3 Å². The molecule has 0 aromatic heterocycles. The van der Waals surface area contributed by atoms with Crippen molar-refractivity contribution in [1.29, 1.82) is 0 Å². The van der Waals surface area contributed by atoms with Crippen molar-refractivity contribution < 1.29 is 9.53 Å². The van der Waals surface area contributed by atoms with Crippen LogP contribution in [0, 0.1) is 5.92 Å². The lowest BCUT2D eigenvalue weighted by Crippen LogP contribution is -2.33. The predicted molar refractivity (Wildman–Crippen MR) is 77.6 cm³/mol. The van der Waals surface area contributed by atoms with Gasteiger partial charge in [-0.05, 0) is 42.9 Å². The highest BCUT2D eigenvalue weighted by atomic mass is 16.5. The number of ether oxygens (including phenoxy) is 1. The minimum absolute atomic E-state index is 0.300. The standard InChI is InChI=1S/C15H24N2O2/c1-11(2)10-19-15(18)14(17)5-3-4-12-6-8-13(16)9-7-12/h6-9,11,14H,3-5,10,16-17H2,1-2H3. The summed E-state index contributed by atoms with van der Waals surface area (Å²) in [6, 6.07) is 7.24. The van der Waals surface area contributed by atoms with Crippen LogP contribution >= 0.6 is 0 Å². The Morgan fingerprint density at radius 2 is 1.89 bits per heavy atom. The largest absolute Gasteiger partial charge is 0.464 e. The van der Waals surface area contributed by atoms with Gasteiger partial charge in [0, 0.05) is 5.69 Å². The summed E-state index contributed by atoms with van der Waals surface area (Å²) < 4.78 is 5.10. The Morgan fingerprint density at radius 3 is 2.47 bits per heavy atom. The summed E-state index contributed by atoms with van der Waals surface area (Å²) in [5.74, 6) is 0.0388. The fourth-order valence-electron chi connectivity index (χ4n) is 1.68. The molecule has 0 aliphatic rings. The van der Waals surface area contributed by atoms with Gasteiger partial charge < -0.3 is 16.2 Å². The zero-order valence-electron chi connectivity index (χ0n) is 11.8. The first-order valence-corrected chi connectivity index (χ1v) is 6.75. The third-order valence-corrected chi connectivity index (χ3v) is 2.82. The average Bonchev–Trinajstić information content (AvgIpc) is 2.38. The van der Waals surface area contributed by atoms with Crippen LogP contribution in [0.2, 0.25) is 0 Å². The number of rotatable bonds is 7. The number of esters is 1. The van der Waals surface area contributed by atoms with Gasteiger partial charge in [-0.2, -0.15) is 0 Å². The van der Waals surface area contributed by atoms with Crippen LogP contribution in [0.15, 0.2) is 24.3 Å². The monoisotopic (exact) mass is 264 g/mol. The number of carbonyl (C=O) groups excluding carboxylic acids is 1. The molecule has 4 nitrogen and oxygen atoms in total. The molecule has 106 valence electrons. The molecule has 1 aromatic rings. The second-order valence-electron chi connectivity index (χ2n) is 5.26. The lowest BCUT2D eigenvalue weighted by Gasteiger charge is -2.12. The first kappa shape index (κ1) is 15.5. The maximum atomic E-state index is 11.6. The quantitative estimate of drug-likeness (QED) is 0.584. The van der Waals surface area contributed by atoms with E-state index in [2.05, 4.69) is 0 Å². The van der Waals surface area contributed by atoms with Gasteiger partial charge in [0.15, 0.2) is 0 Å². The van der Waals surface area contributed by atoms with E-state index < -0.39 is 6.04 Å². The fraction of sp³-hybridized carbons (Fsp3) is 0.533. The number of hydrogen-bond donors (Lipinski definition) is 2. The lowest BCUT2D eigenvalue weighted by atomic mass is 10.0. The van der Waals surface area contributed by atoms with Crippen LogP contribution in [-0.4, -0.2) is 18.6 Å². The van der Waals surface area contributed by atoms with E-state index in [1.807, 2.05) is 38.1 Å². The molecule has 0 radical (unpaired) electrons. The Labute approximate surface area is 115 Å². The second-order valence-corrected chi connectivity index (χ2v) is 5.26. The maximum absolute atomic E-state index is 11.6. The van der Waals surface area contributed by atoms with Crippen molar-refractivity contribution >= 4 is 11.7 Å². The van der Waals surface area contributed by atoms with Crippen molar-refractivity contribution in [2.75, 3.05) is 12.3 Å². The van der Waals surface area contributed by atoms with Crippen molar-refractivity contribution in [2.24, 2.45) is 11.7 Å². The molecule has 1 unspecified atom stereocenters. The highest BCUT2D eigenvalue weighted by Crippen LogP contribution is 2.10. The molecular weight excluding hydrogens is 240 g/mol. The highest BCUT2D eigenvalue weighted by molar-refractivity contribution is 5.75. The Bertz CT molecular complexity index is 388. The topological polar surface area (TPSA) is 78.3 Å². The minimum Gasteiger partial charge on any atom is -0.464 e. The van der Waals surface area contributed by atoms with Crippen molar-refractivity contribution in [3.63, 3.8) is 0 Å². The van der Waals surface area contributed by atoms with Crippen molar-refractivity contribution in [2.45, 2.75) is 39.2 Å². The van der Waals surface area contributed by atoms with Crippen LogP contribution in [0.4, 0.5) is 5.69 Å². The number of aryl methyl sites for hydroxylation is 1. The van der Waals surface area contributed by atoms with Gasteiger partial charge in [0.1, 0.15) is 6.04 Å². The summed E-state index contributed by atoms with van der Waals surface area (Å²) in [6.07, 6.45) is 2.40. The Kier molecular flexibility index (Phi) is 6.36. The van der Waals surface area contributed by atoms with Crippen molar-refractivity contribution in [3.8, 4) is 0 Å². The molecule has 0 bridgehead atoms. The number of benzene rings is 1. The van der Waals surface area contributed by atoms with Gasteiger partial charge >= 0.3 is 5.97 Å². The van der Waals surface area contributed by atoms with Crippen LogP contribution < -0.4 is 11.5 Å². The molecule has 1 aromatic carbocycles. The maximum Gasteiger partial charge on any atom is 0.322 e. The number of hydrogen-bond acceptors (Lipinski definition) is 4. The first-order chi connectivity index (χ1) is 8.99. The van der Waals surface area contributed by atoms with Crippen LogP contribution in [0.5, 0.6) is 0 Å². The molecule has 0 aliphatic carbocycles. The van der Waals surface area contributed by atoms with Crippen LogP contribution in [0.25, 0.3) is 0 Å². The summed E-state index contributed by atoms with van der Waals surface area (Å²) in [4.78, 5) is 11.6. The highest BCUT2D eigenvalue weighted by Gasteiger charge is 2.14. The third kappa shape index (κ3) is 6.25. The SMILES string of the molecule is CC(C)COC(=O)C(N)CCCc1ccc(N)cc1. The summed E-state index contributed by atoms with van der Waals surface area (Å²) in [6.45, 7) is 4.43.